The molecule has 0 saturated carbocycles. The van der Waals surface area contributed by atoms with Gasteiger partial charge in [0.1, 0.15) is 5.00 Å². The van der Waals surface area contributed by atoms with E-state index < -0.39 is 0 Å². The van der Waals surface area contributed by atoms with Crippen LogP contribution in [-0.4, -0.2) is 18.2 Å². The molecule has 4 nitrogen and oxygen atoms in total. The van der Waals surface area contributed by atoms with E-state index in [9.17, 15) is 4.79 Å². The molecule has 7 heteroatoms. The van der Waals surface area contributed by atoms with Gasteiger partial charge in [0.05, 0.1) is 12.7 Å². The number of hydrogen-bond donors (Lipinski definition) is 2. The molecule has 0 atom stereocenters. The maximum atomic E-state index is 12.0. The minimum absolute atomic E-state index is 0.379. The molecule has 1 aromatic heterocycles. The van der Waals surface area contributed by atoms with E-state index in [2.05, 4.69) is 10.6 Å². The number of anilines is 2. The molecule has 2 rings (SSSR count). The molecule has 0 spiro atoms. The quantitative estimate of drug-likeness (QED) is 0.594. The molecule has 0 amide bonds. The van der Waals surface area contributed by atoms with Gasteiger partial charge in [-0.25, -0.2) is 4.79 Å². The van der Waals surface area contributed by atoms with Gasteiger partial charge in [0, 0.05) is 15.6 Å². The van der Waals surface area contributed by atoms with E-state index in [4.69, 9.17) is 28.6 Å². The predicted molar refractivity (Wildman–Crippen MR) is 101 cm³/mol. The van der Waals surface area contributed by atoms with Crippen molar-refractivity contribution in [3.63, 3.8) is 0 Å². The van der Waals surface area contributed by atoms with Crippen LogP contribution in [0.1, 0.15) is 26.4 Å². The monoisotopic (exact) mass is 368 g/mol. The highest BCUT2D eigenvalue weighted by Crippen LogP contribution is 2.33. The molecule has 122 valence electrons. The molecule has 0 aliphatic heterocycles. The Hall–Kier alpha value is -1.63. The van der Waals surface area contributed by atoms with E-state index in [1.165, 1.54) is 18.4 Å². The van der Waals surface area contributed by atoms with E-state index in [-0.39, 0.29) is 5.97 Å². The zero-order valence-corrected chi connectivity index (χ0v) is 15.6. The Morgan fingerprint density at radius 2 is 1.91 bits per heavy atom. The summed E-state index contributed by atoms with van der Waals surface area (Å²) in [5, 5.41) is 7.90. The Morgan fingerprint density at radius 1 is 1.22 bits per heavy atom. The number of hydrogen-bond acceptors (Lipinski definition) is 4. The number of carbonyl (C=O) groups is 1. The van der Waals surface area contributed by atoms with Gasteiger partial charge in [-0.1, -0.05) is 17.7 Å². The van der Waals surface area contributed by atoms with E-state index in [0.29, 0.717) is 20.7 Å². The van der Waals surface area contributed by atoms with Gasteiger partial charge in [0.25, 0.3) is 0 Å². The van der Waals surface area contributed by atoms with Gasteiger partial charge in [-0.15, -0.1) is 11.3 Å². The van der Waals surface area contributed by atoms with Crippen LogP contribution in [0.4, 0.5) is 10.7 Å². The van der Waals surface area contributed by atoms with Crippen LogP contribution in [0.25, 0.3) is 0 Å². The van der Waals surface area contributed by atoms with E-state index in [1.54, 1.807) is 0 Å². The molecule has 0 unspecified atom stereocenters. The first-order valence-corrected chi connectivity index (χ1v) is 8.46. The van der Waals surface area contributed by atoms with Crippen LogP contribution in [0.2, 0.25) is 5.02 Å². The molecule has 0 aliphatic rings. The SMILES string of the molecule is COC(=O)c1c(NC(=S)Nc2cccc(Cl)c2C)sc(C)c1C. The predicted octanol–water partition coefficient (Wildman–Crippen LogP) is 4.92. The van der Waals surface area contributed by atoms with E-state index in [1.807, 2.05) is 39.0 Å². The Morgan fingerprint density at radius 3 is 2.57 bits per heavy atom. The summed E-state index contributed by atoms with van der Waals surface area (Å²) in [6, 6.07) is 5.56. The first kappa shape index (κ1) is 17.7. The maximum Gasteiger partial charge on any atom is 0.341 e. The summed E-state index contributed by atoms with van der Waals surface area (Å²) in [7, 11) is 1.37. The Balaban J connectivity index is 2.22. The third-order valence-electron chi connectivity index (χ3n) is 3.52. The largest absolute Gasteiger partial charge is 0.465 e. The van der Waals surface area contributed by atoms with Crippen molar-refractivity contribution in [3.8, 4) is 0 Å². The molecular weight excluding hydrogens is 352 g/mol. The minimum atomic E-state index is -0.379. The average Bonchev–Trinajstić information content (AvgIpc) is 2.77. The Kier molecular flexibility index (Phi) is 5.62. The molecule has 0 saturated heterocycles. The van der Waals surface area contributed by atoms with Crippen LogP contribution in [0.5, 0.6) is 0 Å². The second-order valence-corrected chi connectivity index (χ2v) is 7.01. The van der Waals surface area contributed by atoms with Gasteiger partial charge < -0.3 is 15.4 Å². The summed E-state index contributed by atoms with van der Waals surface area (Å²) in [6.45, 7) is 5.75. The van der Waals surface area contributed by atoms with Crippen LogP contribution >= 0.6 is 35.2 Å². The number of thiophene rings is 1. The van der Waals surface area contributed by atoms with Gasteiger partial charge >= 0.3 is 5.97 Å². The fourth-order valence-electron chi connectivity index (χ4n) is 2.06. The number of rotatable bonds is 3. The van der Waals surface area contributed by atoms with Gasteiger partial charge in [-0.2, -0.15) is 0 Å². The number of thiocarbonyl (C=S) groups is 1. The third-order valence-corrected chi connectivity index (χ3v) is 5.25. The van der Waals surface area contributed by atoms with E-state index >= 15 is 0 Å². The van der Waals surface area contributed by atoms with Crippen molar-refractivity contribution in [3.05, 3.63) is 44.8 Å². The lowest BCUT2D eigenvalue weighted by atomic mass is 10.1. The number of nitrogens with one attached hydrogen (secondary N) is 2. The van der Waals surface area contributed by atoms with Crippen LogP contribution in [0.3, 0.4) is 0 Å². The number of benzene rings is 1. The highest BCUT2D eigenvalue weighted by Gasteiger charge is 2.20. The number of carbonyl (C=O) groups excluding carboxylic acids is 1. The number of halogens is 1. The van der Waals surface area contributed by atoms with Crippen LogP contribution in [-0.2, 0) is 4.74 Å². The molecule has 0 bridgehead atoms. The van der Waals surface area contributed by atoms with Crippen LogP contribution in [0, 0.1) is 20.8 Å². The normalized spacial score (nSPS) is 10.3. The van der Waals surface area contributed by atoms with Crippen molar-refractivity contribution in [1.82, 2.24) is 0 Å². The highest BCUT2D eigenvalue weighted by molar-refractivity contribution is 7.80. The molecular formula is C16H17ClN2O2S2. The summed E-state index contributed by atoms with van der Waals surface area (Å²) >= 11 is 12.9. The first-order chi connectivity index (χ1) is 10.8. The smallest absolute Gasteiger partial charge is 0.341 e. The van der Waals surface area contributed by atoms with Crippen molar-refractivity contribution in [2.45, 2.75) is 20.8 Å². The molecule has 2 N–H and O–H groups in total. The van der Waals surface area contributed by atoms with E-state index in [0.717, 1.165) is 21.7 Å². The summed E-state index contributed by atoms with van der Waals surface area (Å²) in [4.78, 5) is 13.0. The van der Waals surface area contributed by atoms with Crippen LogP contribution < -0.4 is 10.6 Å². The lowest BCUT2D eigenvalue weighted by Crippen LogP contribution is -2.20. The fraction of sp³-hybridized carbons (Fsp3) is 0.250. The van der Waals surface area contributed by atoms with Crippen molar-refractivity contribution in [1.29, 1.82) is 0 Å². The van der Waals surface area contributed by atoms with Crippen molar-refractivity contribution < 1.29 is 9.53 Å². The second-order valence-electron chi connectivity index (χ2n) is 4.97. The zero-order valence-electron chi connectivity index (χ0n) is 13.2. The van der Waals surface area contributed by atoms with Gasteiger partial charge in [-0.05, 0) is 56.2 Å². The maximum absolute atomic E-state index is 12.0. The van der Waals surface area contributed by atoms with Gasteiger partial charge in [0.15, 0.2) is 5.11 Å². The summed E-state index contributed by atoms with van der Waals surface area (Å²) in [5.74, 6) is -0.379. The first-order valence-electron chi connectivity index (χ1n) is 6.86. The second kappa shape index (κ2) is 7.29. The molecule has 1 aromatic carbocycles. The van der Waals surface area contributed by atoms with Crippen LogP contribution in [0.15, 0.2) is 18.2 Å². The number of aryl methyl sites for hydroxylation is 1. The molecule has 1 heterocycles. The minimum Gasteiger partial charge on any atom is -0.465 e. The summed E-state index contributed by atoms with van der Waals surface area (Å²) in [6.07, 6.45) is 0. The Bertz CT molecular complexity index is 772. The fourth-order valence-corrected chi connectivity index (χ4v) is 3.57. The number of ether oxygens (including phenoxy) is 1. The van der Waals surface area contributed by atoms with Gasteiger partial charge in [-0.3, -0.25) is 0 Å². The number of esters is 1. The lowest BCUT2D eigenvalue weighted by molar-refractivity contribution is 0.0601. The number of methoxy groups -OCH3 is 1. The lowest BCUT2D eigenvalue weighted by Gasteiger charge is -2.13. The Labute approximate surface area is 149 Å². The molecule has 0 aliphatic carbocycles. The standard InChI is InChI=1S/C16H17ClN2O2S2/c1-8-10(3)23-14(13(8)15(20)21-4)19-16(22)18-12-7-5-6-11(17)9(12)2/h5-7H,1-4H3,(H2,18,19,22). The molecule has 2 aromatic rings. The summed E-state index contributed by atoms with van der Waals surface area (Å²) in [5.41, 5.74) is 3.14. The van der Waals surface area contributed by atoms with Crippen molar-refractivity contribution in [2.24, 2.45) is 0 Å². The zero-order chi connectivity index (χ0) is 17.1. The summed E-state index contributed by atoms with van der Waals surface area (Å²) < 4.78 is 4.85. The molecule has 23 heavy (non-hydrogen) atoms. The van der Waals surface area contributed by atoms with Crippen molar-refractivity contribution >= 4 is 56.9 Å². The third kappa shape index (κ3) is 3.83. The van der Waals surface area contributed by atoms with Crippen molar-refractivity contribution in [2.75, 3.05) is 17.7 Å². The molecule has 0 radical (unpaired) electrons. The highest BCUT2D eigenvalue weighted by atomic mass is 35.5. The molecule has 0 fully saturated rings. The average molecular weight is 369 g/mol. The topological polar surface area (TPSA) is 50.4 Å². The van der Waals surface area contributed by atoms with Gasteiger partial charge in [0.2, 0.25) is 0 Å².